The first-order chi connectivity index (χ1) is 27.4. The Morgan fingerprint density at radius 3 is 2.31 bits per heavy atom. The maximum Gasteiger partial charge on any atom is 0.352 e. The van der Waals surface area contributed by atoms with Gasteiger partial charge in [0.05, 0.1) is 27.4 Å². The molecule has 0 saturated carbocycles. The van der Waals surface area contributed by atoms with E-state index in [2.05, 4.69) is 26.3 Å². The van der Waals surface area contributed by atoms with Crippen molar-refractivity contribution in [2.24, 2.45) is 0 Å². The highest BCUT2D eigenvalue weighted by atomic mass is 32.2. The van der Waals surface area contributed by atoms with E-state index in [1.807, 2.05) is 52.8 Å². The predicted molar refractivity (Wildman–Crippen MR) is 221 cm³/mol. The van der Waals surface area contributed by atoms with Crippen LogP contribution in [0.1, 0.15) is 84.4 Å². The maximum atomic E-state index is 12.8. The van der Waals surface area contributed by atoms with E-state index in [0.29, 0.717) is 32.4 Å². The fourth-order valence-electron chi connectivity index (χ4n) is 8.14. The third-order valence-electron chi connectivity index (χ3n) is 11.4. The molecule has 1 aromatic heterocycles. The van der Waals surface area contributed by atoms with Crippen LogP contribution in [0.2, 0.25) is 0 Å². The number of rotatable bonds is 11. The summed E-state index contributed by atoms with van der Waals surface area (Å²) in [6.45, 7) is 13.5. The second kappa shape index (κ2) is 15.2. The Bertz CT molecular complexity index is 2720. The summed E-state index contributed by atoms with van der Waals surface area (Å²) in [6.07, 6.45) is 10.4. The lowest BCUT2D eigenvalue weighted by Crippen LogP contribution is -2.44. The Labute approximate surface area is 344 Å². The quantitative estimate of drug-likeness (QED) is 0.0887. The first kappa shape index (κ1) is 43.5. The molecule has 0 saturated heterocycles. The van der Waals surface area contributed by atoms with Gasteiger partial charge in [0.2, 0.25) is 5.69 Å². The van der Waals surface area contributed by atoms with Gasteiger partial charge in [-0.15, -0.1) is 0 Å². The highest BCUT2D eigenvalue weighted by Gasteiger charge is 2.47. The second-order valence-electron chi connectivity index (χ2n) is 16.3. The lowest BCUT2D eigenvalue weighted by atomic mass is 9.81. The van der Waals surface area contributed by atoms with Gasteiger partial charge < -0.3 is 30.1 Å². The molecule has 0 spiro atoms. The van der Waals surface area contributed by atoms with Crippen LogP contribution in [0.4, 0.5) is 17.2 Å². The number of likely N-dealkylation sites (N-methyl/N-ethyl adjacent to an activating group) is 1. The Morgan fingerprint density at radius 2 is 1.68 bits per heavy atom. The predicted octanol–water partition coefficient (Wildman–Crippen LogP) is 4.73. The van der Waals surface area contributed by atoms with Gasteiger partial charge in [0.1, 0.15) is 33.8 Å². The molecule has 0 aliphatic carbocycles. The highest BCUT2D eigenvalue weighted by Crippen LogP contribution is 2.48. The molecule has 5 N–H and O–H groups in total. The molecule has 3 aliphatic heterocycles. The van der Waals surface area contributed by atoms with Gasteiger partial charge in [-0.25, -0.2) is 13.2 Å². The summed E-state index contributed by atoms with van der Waals surface area (Å²) >= 11 is 0. The van der Waals surface area contributed by atoms with Crippen molar-refractivity contribution in [3.63, 3.8) is 0 Å². The van der Waals surface area contributed by atoms with E-state index in [0.717, 1.165) is 38.5 Å². The molecule has 2 aromatic carbocycles. The van der Waals surface area contributed by atoms with Crippen LogP contribution in [-0.2, 0) is 41.5 Å². The average molecular weight is 848 g/mol. The average Bonchev–Trinajstić information content (AvgIpc) is 3.62. The fourth-order valence-corrected chi connectivity index (χ4v) is 9.14. The number of aromatic nitrogens is 2. The first-order valence-corrected chi connectivity index (χ1v) is 21.9. The minimum Gasteiger partial charge on any atom is -0.744 e. The molecule has 2 atom stereocenters. The Hall–Kier alpha value is -5.09. The number of aliphatic hydroxyl groups excluding tert-OH is 2. The summed E-state index contributed by atoms with van der Waals surface area (Å²) < 4.78 is 79.0. The van der Waals surface area contributed by atoms with E-state index >= 15 is 0 Å². The zero-order valence-electron chi connectivity index (χ0n) is 34.0. The summed E-state index contributed by atoms with van der Waals surface area (Å²) in [4.78, 5) is 18.3. The standard InChI is InChI=1S/C42H49N5O10S2/c1-8-45-32-19-17-28(58(51,52)53)22-30(32)39(2,3)34(45)15-13-16-35-40(4,5)31-23-29(59(54,55)56)18-20-33(31)46(35)21-12-10-9-11-14-27-25-47(38(50)44-37(27)43)42(7)24-36(49)41(6,26-48)57-42/h13,15-20,22-25,48H,8-10,12,21,26H2,1-7H3,(H4-,43,44,49,50,51,52,53,54,55,56)/t41-,42?/m1/s1. The lowest BCUT2D eigenvalue weighted by Gasteiger charge is -2.30. The molecule has 6 rings (SSSR count). The minimum atomic E-state index is -4.65. The molecule has 0 bridgehead atoms. The van der Waals surface area contributed by atoms with Crippen LogP contribution in [0.5, 0.6) is 0 Å². The second-order valence-corrected chi connectivity index (χ2v) is 19.1. The molecule has 3 aliphatic rings. The van der Waals surface area contributed by atoms with Gasteiger partial charge in [0, 0.05) is 66.2 Å². The third-order valence-corrected chi connectivity index (χ3v) is 13.1. The van der Waals surface area contributed by atoms with Crippen molar-refractivity contribution in [3.05, 3.63) is 106 Å². The van der Waals surface area contributed by atoms with Crippen molar-refractivity contribution in [2.45, 2.75) is 99.7 Å². The minimum absolute atomic E-state index is 0.0632. The molecular formula is C42H49N5O10S2. The molecule has 17 heteroatoms. The number of benzene rings is 2. The maximum absolute atomic E-state index is 12.8. The molecule has 1 unspecified atom stereocenters. The number of nitrogen functional groups attached to an aromatic ring is 1. The normalized spacial score (nSPS) is 22.8. The summed E-state index contributed by atoms with van der Waals surface area (Å²) in [7, 11) is -9.12. The van der Waals surface area contributed by atoms with Crippen LogP contribution in [0.25, 0.3) is 0 Å². The Balaban J connectivity index is 1.27. The fraction of sp³-hybridized carbons (Fsp3) is 0.405. The Kier molecular flexibility index (Phi) is 11.2. The number of allylic oxidation sites excluding steroid dienone is 4. The van der Waals surface area contributed by atoms with Crippen LogP contribution < -0.4 is 16.3 Å². The van der Waals surface area contributed by atoms with Gasteiger partial charge in [-0.2, -0.15) is 18.0 Å². The summed E-state index contributed by atoms with van der Waals surface area (Å²) in [5, 5.41) is 20.2. The molecule has 59 heavy (non-hydrogen) atoms. The number of nitrogens with zero attached hydrogens (tertiary/aromatic N) is 4. The number of aliphatic hydroxyl groups is 2. The van der Waals surface area contributed by atoms with Crippen LogP contribution in [0.3, 0.4) is 0 Å². The number of nitrogens with two attached hydrogens (primary N) is 1. The van der Waals surface area contributed by atoms with Crippen molar-refractivity contribution in [1.29, 1.82) is 0 Å². The van der Waals surface area contributed by atoms with Gasteiger partial charge in [-0.3, -0.25) is 9.12 Å². The summed E-state index contributed by atoms with van der Waals surface area (Å²) in [5.74, 6) is 5.80. The van der Waals surface area contributed by atoms with Crippen LogP contribution in [-0.4, -0.2) is 81.3 Å². The summed E-state index contributed by atoms with van der Waals surface area (Å²) in [5.41, 5.74) is 6.27. The highest BCUT2D eigenvalue weighted by molar-refractivity contribution is 7.86. The van der Waals surface area contributed by atoms with Gasteiger partial charge in [-0.05, 0) is 83.0 Å². The number of anilines is 2. The number of fused-ring (bicyclic) bond motifs is 2. The zero-order valence-corrected chi connectivity index (χ0v) is 35.6. The lowest BCUT2D eigenvalue weighted by molar-refractivity contribution is -0.438. The molecule has 4 heterocycles. The molecular weight excluding hydrogens is 799 g/mol. The molecule has 3 aromatic rings. The van der Waals surface area contributed by atoms with Crippen LogP contribution >= 0.6 is 0 Å². The topological polar surface area (TPSA) is 228 Å². The van der Waals surface area contributed by atoms with Gasteiger partial charge in [-0.1, -0.05) is 31.8 Å². The largest absolute Gasteiger partial charge is 0.744 e. The first-order valence-electron chi connectivity index (χ1n) is 19.0. The SMILES string of the molecule is CCN1/C(=C/C=C/C2=[N+](CCCCC#Cc3cn(C4(C)C=C(O)[C@@](C)(CO)O4)c(=O)nc3N)c3ccc(S(=O)(=O)O)cc3C2(C)C)C(C)(C)c2cc(S(=O)(=O)[O-])ccc21. The van der Waals surface area contributed by atoms with Gasteiger partial charge in [0.15, 0.2) is 11.4 Å². The summed E-state index contributed by atoms with van der Waals surface area (Å²) in [6, 6.07) is 9.00. The molecule has 0 fully saturated rings. The third kappa shape index (κ3) is 7.88. The molecule has 0 radical (unpaired) electrons. The van der Waals surface area contributed by atoms with Crippen molar-refractivity contribution in [1.82, 2.24) is 9.55 Å². The van der Waals surface area contributed by atoms with Crippen LogP contribution in [0.15, 0.2) is 92.9 Å². The number of ether oxygens (including phenoxy) is 1. The van der Waals surface area contributed by atoms with Crippen LogP contribution in [0, 0.1) is 11.8 Å². The Morgan fingerprint density at radius 1 is 1.00 bits per heavy atom. The van der Waals surface area contributed by atoms with Crippen molar-refractivity contribution in [3.8, 4) is 11.8 Å². The zero-order chi connectivity index (χ0) is 43.5. The molecule has 0 amide bonds. The number of hydrogen-bond donors (Lipinski definition) is 4. The smallest absolute Gasteiger partial charge is 0.352 e. The van der Waals surface area contributed by atoms with E-state index in [4.69, 9.17) is 10.5 Å². The number of unbranched alkanes of at least 4 members (excludes halogenated alkanes) is 2. The van der Waals surface area contributed by atoms with Crippen molar-refractivity contribution >= 4 is 43.1 Å². The van der Waals surface area contributed by atoms with Crippen molar-refractivity contribution < 1.29 is 45.5 Å². The number of hydrogen-bond acceptors (Lipinski definition) is 12. The molecule has 314 valence electrons. The van der Waals surface area contributed by atoms with E-state index in [-0.39, 0.29) is 26.9 Å². The van der Waals surface area contributed by atoms with E-state index in [1.165, 1.54) is 43.5 Å². The van der Waals surface area contributed by atoms with E-state index < -0.39 is 54.7 Å². The van der Waals surface area contributed by atoms with E-state index in [9.17, 15) is 40.9 Å². The van der Waals surface area contributed by atoms with Gasteiger partial charge >= 0.3 is 5.69 Å². The van der Waals surface area contributed by atoms with Crippen molar-refractivity contribution in [2.75, 3.05) is 30.3 Å². The monoisotopic (exact) mass is 847 g/mol. The van der Waals surface area contributed by atoms with E-state index in [1.54, 1.807) is 19.1 Å². The van der Waals surface area contributed by atoms with Gasteiger partial charge in [0.25, 0.3) is 10.1 Å². The molecule has 15 nitrogen and oxygen atoms in total.